The van der Waals surface area contributed by atoms with Crippen LogP contribution in [0.3, 0.4) is 0 Å². The Balaban J connectivity index is 1.90. The maximum absolute atomic E-state index is 12.3. The molecule has 0 atom stereocenters. The second-order valence-corrected chi connectivity index (χ2v) is 6.17. The Morgan fingerprint density at radius 2 is 2.00 bits per heavy atom. The van der Waals surface area contributed by atoms with E-state index in [0.29, 0.717) is 5.56 Å². The summed E-state index contributed by atoms with van der Waals surface area (Å²) in [6, 6.07) is 9.62. The van der Waals surface area contributed by atoms with Crippen molar-refractivity contribution < 1.29 is 4.79 Å². The maximum atomic E-state index is 12.3. The SMILES string of the molecule is Cc1ccc(C(=O)/C=C/c2cnc3ccc(Br)cn23)cc1C. The highest BCUT2D eigenvalue weighted by Gasteiger charge is 2.05. The molecule has 22 heavy (non-hydrogen) atoms. The summed E-state index contributed by atoms with van der Waals surface area (Å²) in [6.07, 6.45) is 7.08. The molecule has 0 saturated heterocycles. The summed E-state index contributed by atoms with van der Waals surface area (Å²) in [5, 5.41) is 0. The van der Waals surface area contributed by atoms with Gasteiger partial charge in [-0.05, 0) is 71.3 Å². The number of fused-ring (bicyclic) bond motifs is 1. The molecule has 0 aliphatic heterocycles. The topological polar surface area (TPSA) is 34.4 Å². The fourth-order valence-electron chi connectivity index (χ4n) is 2.25. The molecule has 2 aromatic heterocycles. The van der Waals surface area contributed by atoms with Crippen molar-refractivity contribution in [2.75, 3.05) is 0 Å². The number of imidazole rings is 1. The third kappa shape index (κ3) is 2.88. The van der Waals surface area contributed by atoms with Gasteiger partial charge in [-0.3, -0.25) is 9.20 Å². The van der Waals surface area contributed by atoms with E-state index in [1.54, 1.807) is 18.3 Å². The molecule has 3 nitrogen and oxygen atoms in total. The average Bonchev–Trinajstić information content (AvgIpc) is 2.90. The molecule has 0 aliphatic carbocycles. The zero-order valence-electron chi connectivity index (χ0n) is 12.4. The number of hydrogen-bond donors (Lipinski definition) is 0. The Hall–Kier alpha value is -2.20. The zero-order valence-corrected chi connectivity index (χ0v) is 14.0. The largest absolute Gasteiger partial charge is 0.299 e. The first kappa shape index (κ1) is 14.7. The van der Waals surface area contributed by atoms with E-state index in [2.05, 4.69) is 20.9 Å². The number of aryl methyl sites for hydroxylation is 2. The quantitative estimate of drug-likeness (QED) is 0.508. The molecule has 4 heteroatoms. The molecule has 0 saturated carbocycles. The Labute approximate surface area is 137 Å². The van der Waals surface area contributed by atoms with Crippen LogP contribution in [0.4, 0.5) is 0 Å². The van der Waals surface area contributed by atoms with Crippen molar-refractivity contribution in [3.63, 3.8) is 0 Å². The fourth-order valence-corrected chi connectivity index (χ4v) is 2.59. The lowest BCUT2D eigenvalue weighted by Crippen LogP contribution is -1.96. The van der Waals surface area contributed by atoms with Gasteiger partial charge >= 0.3 is 0 Å². The highest BCUT2D eigenvalue weighted by atomic mass is 79.9. The van der Waals surface area contributed by atoms with E-state index in [4.69, 9.17) is 0 Å². The molecule has 0 fully saturated rings. The Morgan fingerprint density at radius 1 is 1.18 bits per heavy atom. The first-order valence-corrected chi connectivity index (χ1v) is 7.76. The number of carbonyl (C=O) groups is 1. The van der Waals surface area contributed by atoms with Gasteiger partial charge in [0.25, 0.3) is 0 Å². The van der Waals surface area contributed by atoms with Gasteiger partial charge in [0.1, 0.15) is 5.65 Å². The van der Waals surface area contributed by atoms with E-state index in [1.165, 1.54) is 5.56 Å². The summed E-state index contributed by atoms with van der Waals surface area (Å²) >= 11 is 3.44. The van der Waals surface area contributed by atoms with Crippen molar-refractivity contribution in [1.82, 2.24) is 9.38 Å². The minimum absolute atomic E-state index is 0.00644. The highest BCUT2D eigenvalue weighted by Crippen LogP contribution is 2.15. The molecule has 0 N–H and O–H groups in total. The summed E-state index contributed by atoms with van der Waals surface area (Å²) in [5.74, 6) is -0.00644. The van der Waals surface area contributed by atoms with Crippen molar-refractivity contribution in [1.29, 1.82) is 0 Å². The number of ketones is 1. The van der Waals surface area contributed by atoms with Crippen LogP contribution in [-0.2, 0) is 0 Å². The van der Waals surface area contributed by atoms with Crippen LogP contribution >= 0.6 is 15.9 Å². The number of allylic oxidation sites excluding steroid dienone is 1. The smallest absolute Gasteiger partial charge is 0.185 e. The normalized spacial score (nSPS) is 11.4. The van der Waals surface area contributed by atoms with Crippen LogP contribution in [0.1, 0.15) is 27.2 Å². The van der Waals surface area contributed by atoms with Gasteiger partial charge in [-0.2, -0.15) is 0 Å². The minimum Gasteiger partial charge on any atom is -0.299 e. The molecular weight excluding hydrogens is 340 g/mol. The summed E-state index contributed by atoms with van der Waals surface area (Å²) in [6.45, 7) is 4.05. The Bertz CT molecular complexity index is 893. The highest BCUT2D eigenvalue weighted by molar-refractivity contribution is 9.10. The monoisotopic (exact) mass is 354 g/mol. The van der Waals surface area contributed by atoms with E-state index in [1.807, 2.05) is 54.8 Å². The minimum atomic E-state index is -0.00644. The van der Waals surface area contributed by atoms with Crippen LogP contribution in [0.5, 0.6) is 0 Å². The van der Waals surface area contributed by atoms with E-state index >= 15 is 0 Å². The number of rotatable bonds is 3. The van der Waals surface area contributed by atoms with Gasteiger partial charge < -0.3 is 0 Å². The predicted molar refractivity (Wildman–Crippen MR) is 92.2 cm³/mol. The molecule has 0 radical (unpaired) electrons. The standard InChI is InChI=1S/C18H15BrN2O/c1-12-3-4-14(9-13(12)2)17(22)7-6-16-10-20-18-8-5-15(19)11-21(16)18/h3-11H,1-2H3/b7-6+. The molecule has 0 spiro atoms. The summed E-state index contributed by atoms with van der Waals surface area (Å²) in [7, 11) is 0. The molecule has 0 unspecified atom stereocenters. The summed E-state index contributed by atoms with van der Waals surface area (Å²) in [5.41, 5.74) is 4.73. The molecule has 1 aromatic carbocycles. The van der Waals surface area contributed by atoms with E-state index < -0.39 is 0 Å². The third-order valence-electron chi connectivity index (χ3n) is 3.70. The Morgan fingerprint density at radius 3 is 2.77 bits per heavy atom. The molecule has 0 amide bonds. The van der Waals surface area contributed by atoms with Crippen LogP contribution in [0.15, 0.2) is 53.3 Å². The molecule has 0 bridgehead atoms. The van der Waals surface area contributed by atoms with Gasteiger partial charge in [0.15, 0.2) is 5.78 Å². The van der Waals surface area contributed by atoms with Crippen LogP contribution < -0.4 is 0 Å². The number of nitrogens with zero attached hydrogens (tertiary/aromatic N) is 2. The first-order chi connectivity index (χ1) is 10.5. The number of halogens is 1. The van der Waals surface area contributed by atoms with Gasteiger partial charge in [0, 0.05) is 16.2 Å². The number of benzene rings is 1. The van der Waals surface area contributed by atoms with E-state index in [-0.39, 0.29) is 5.78 Å². The Kier molecular flexibility index (Phi) is 3.94. The molecule has 110 valence electrons. The van der Waals surface area contributed by atoms with Gasteiger partial charge in [0.05, 0.1) is 11.9 Å². The third-order valence-corrected chi connectivity index (χ3v) is 4.16. The average molecular weight is 355 g/mol. The van der Waals surface area contributed by atoms with Gasteiger partial charge in [0.2, 0.25) is 0 Å². The fraction of sp³-hybridized carbons (Fsp3) is 0.111. The number of carbonyl (C=O) groups excluding carboxylic acids is 1. The van der Waals surface area contributed by atoms with Crippen molar-refractivity contribution in [3.8, 4) is 0 Å². The van der Waals surface area contributed by atoms with Crippen LogP contribution in [0.25, 0.3) is 11.7 Å². The lowest BCUT2D eigenvalue weighted by Gasteiger charge is -2.02. The molecule has 0 aliphatic rings. The van der Waals surface area contributed by atoms with Crippen LogP contribution in [-0.4, -0.2) is 15.2 Å². The second-order valence-electron chi connectivity index (χ2n) is 5.26. The lowest BCUT2D eigenvalue weighted by atomic mass is 10.0. The maximum Gasteiger partial charge on any atom is 0.185 e. The molecule has 3 aromatic rings. The number of hydrogen-bond acceptors (Lipinski definition) is 2. The van der Waals surface area contributed by atoms with Crippen LogP contribution in [0, 0.1) is 13.8 Å². The summed E-state index contributed by atoms with van der Waals surface area (Å²) < 4.78 is 2.90. The second kappa shape index (κ2) is 5.89. The predicted octanol–water partition coefficient (Wildman–Crippen LogP) is 4.61. The van der Waals surface area contributed by atoms with Crippen molar-refractivity contribution in [2.24, 2.45) is 0 Å². The van der Waals surface area contributed by atoms with Crippen molar-refractivity contribution in [3.05, 3.63) is 75.7 Å². The zero-order chi connectivity index (χ0) is 15.7. The first-order valence-electron chi connectivity index (χ1n) is 6.97. The van der Waals surface area contributed by atoms with Crippen molar-refractivity contribution in [2.45, 2.75) is 13.8 Å². The molecule has 2 heterocycles. The molecule has 3 rings (SSSR count). The molecular formula is C18H15BrN2O. The van der Waals surface area contributed by atoms with Crippen molar-refractivity contribution >= 4 is 33.4 Å². The van der Waals surface area contributed by atoms with E-state index in [0.717, 1.165) is 21.4 Å². The number of aromatic nitrogens is 2. The van der Waals surface area contributed by atoms with Gasteiger partial charge in [-0.1, -0.05) is 12.1 Å². The van der Waals surface area contributed by atoms with Gasteiger partial charge in [-0.15, -0.1) is 0 Å². The van der Waals surface area contributed by atoms with E-state index in [9.17, 15) is 4.79 Å². The lowest BCUT2D eigenvalue weighted by molar-refractivity contribution is 0.104. The number of pyridine rings is 1. The van der Waals surface area contributed by atoms with Gasteiger partial charge in [-0.25, -0.2) is 4.98 Å². The summed E-state index contributed by atoms with van der Waals surface area (Å²) in [4.78, 5) is 16.6. The van der Waals surface area contributed by atoms with Crippen LogP contribution in [0.2, 0.25) is 0 Å².